The molecule has 0 saturated heterocycles. The molecule has 1 nitrogen and oxygen atoms in total. The molecular formula is C15H19F2O. The van der Waals surface area contributed by atoms with Crippen molar-refractivity contribution in [3.63, 3.8) is 0 Å². The van der Waals surface area contributed by atoms with Crippen LogP contribution in [-0.4, -0.2) is 13.2 Å². The molecule has 99 valence electrons. The summed E-state index contributed by atoms with van der Waals surface area (Å²) in [7, 11) is 0. The fourth-order valence-electron chi connectivity index (χ4n) is 1.56. The number of hydrogen-bond donors (Lipinski definition) is 0. The Morgan fingerprint density at radius 3 is 2.44 bits per heavy atom. The fraction of sp³-hybridized carbons (Fsp3) is 0.400. The van der Waals surface area contributed by atoms with E-state index in [1.54, 1.807) is 12.2 Å². The summed E-state index contributed by atoms with van der Waals surface area (Å²) >= 11 is 0. The summed E-state index contributed by atoms with van der Waals surface area (Å²) in [5.74, 6) is -1.13. The molecule has 0 heterocycles. The quantitative estimate of drug-likeness (QED) is 0.624. The standard InChI is InChI=1S/C15H19F2O/c1-2-3-4-5-8-18-9-6-7-13-10-14(16)12-15(17)11-13/h6-7,10-12H,1-5,8-9H2. The van der Waals surface area contributed by atoms with E-state index < -0.39 is 11.6 Å². The van der Waals surface area contributed by atoms with Crippen LogP contribution in [0.4, 0.5) is 8.78 Å². The van der Waals surface area contributed by atoms with Gasteiger partial charge in [0.25, 0.3) is 0 Å². The van der Waals surface area contributed by atoms with Crippen LogP contribution in [0.2, 0.25) is 0 Å². The lowest BCUT2D eigenvalue weighted by molar-refractivity contribution is 0.158. The molecule has 1 rings (SSSR count). The summed E-state index contributed by atoms with van der Waals surface area (Å²) < 4.78 is 31.1. The van der Waals surface area contributed by atoms with Crippen LogP contribution >= 0.6 is 0 Å². The van der Waals surface area contributed by atoms with Crippen molar-refractivity contribution in [2.75, 3.05) is 13.2 Å². The molecule has 0 unspecified atom stereocenters. The molecule has 0 bridgehead atoms. The average Bonchev–Trinajstić information content (AvgIpc) is 2.31. The summed E-state index contributed by atoms with van der Waals surface area (Å²) in [6.45, 7) is 4.94. The zero-order chi connectivity index (χ0) is 13.2. The lowest BCUT2D eigenvalue weighted by atomic mass is 10.2. The van der Waals surface area contributed by atoms with Crippen molar-refractivity contribution in [1.29, 1.82) is 0 Å². The van der Waals surface area contributed by atoms with E-state index in [1.165, 1.54) is 12.1 Å². The Labute approximate surface area is 107 Å². The molecule has 0 amide bonds. The summed E-state index contributed by atoms with van der Waals surface area (Å²) in [5.41, 5.74) is 0.508. The highest BCUT2D eigenvalue weighted by atomic mass is 19.1. The van der Waals surface area contributed by atoms with E-state index in [0.29, 0.717) is 18.8 Å². The maximum absolute atomic E-state index is 12.9. The summed E-state index contributed by atoms with van der Waals surface area (Å²) in [5, 5.41) is 0. The third-order valence-electron chi connectivity index (χ3n) is 2.45. The van der Waals surface area contributed by atoms with Gasteiger partial charge in [-0.25, -0.2) is 8.78 Å². The first-order chi connectivity index (χ1) is 8.72. The van der Waals surface area contributed by atoms with Crippen LogP contribution in [0.15, 0.2) is 24.3 Å². The highest BCUT2D eigenvalue weighted by molar-refractivity contribution is 5.49. The van der Waals surface area contributed by atoms with Gasteiger partial charge in [0.05, 0.1) is 6.61 Å². The van der Waals surface area contributed by atoms with Crippen LogP contribution in [-0.2, 0) is 4.74 Å². The maximum atomic E-state index is 12.9. The molecule has 1 radical (unpaired) electrons. The largest absolute Gasteiger partial charge is 0.377 e. The lowest BCUT2D eigenvalue weighted by Gasteiger charge is -2.00. The first kappa shape index (κ1) is 14.8. The van der Waals surface area contributed by atoms with Crippen molar-refractivity contribution < 1.29 is 13.5 Å². The molecule has 0 aliphatic carbocycles. The van der Waals surface area contributed by atoms with E-state index in [2.05, 4.69) is 6.92 Å². The molecule has 0 saturated carbocycles. The zero-order valence-corrected chi connectivity index (χ0v) is 10.5. The maximum Gasteiger partial charge on any atom is 0.126 e. The van der Waals surface area contributed by atoms with Crippen LogP contribution in [0.5, 0.6) is 0 Å². The van der Waals surface area contributed by atoms with Gasteiger partial charge in [0.15, 0.2) is 0 Å². The third-order valence-corrected chi connectivity index (χ3v) is 2.45. The first-order valence-corrected chi connectivity index (χ1v) is 6.22. The van der Waals surface area contributed by atoms with Gasteiger partial charge in [0, 0.05) is 12.7 Å². The Hall–Kier alpha value is -1.22. The van der Waals surface area contributed by atoms with E-state index in [4.69, 9.17) is 4.74 Å². The Balaban J connectivity index is 2.20. The molecule has 18 heavy (non-hydrogen) atoms. The number of unbranched alkanes of at least 4 members (excludes halogenated alkanes) is 3. The van der Waals surface area contributed by atoms with Crippen LogP contribution in [0.25, 0.3) is 6.08 Å². The molecule has 0 aliphatic rings. The van der Waals surface area contributed by atoms with Gasteiger partial charge in [0.2, 0.25) is 0 Å². The van der Waals surface area contributed by atoms with Crippen molar-refractivity contribution in [2.45, 2.75) is 25.7 Å². The van der Waals surface area contributed by atoms with Gasteiger partial charge in [0.1, 0.15) is 11.6 Å². The van der Waals surface area contributed by atoms with E-state index in [9.17, 15) is 8.78 Å². The van der Waals surface area contributed by atoms with E-state index in [-0.39, 0.29) is 0 Å². The van der Waals surface area contributed by atoms with Crippen LogP contribution in [0.3, 0.4) is 0 Å². The highest BCUT2D eigenvalue weighted by Gasteiger charge is 1.96. The zero-order valence-electron chi connectivity index (χ0n) is 10.5. The fourth-order valence-corrected chi connectivity index (χ4v) is 1.56. The minimum atomic E-state index is -0.566. The van der Waals surface area contributed by atoms with Crippen molar-refractivity contribution in [3.8, 4) is 0 Å². The first-order valence-electron chi connectivity index (χ1n) is 6.22. The van der Waals surface area contributed by atoms with Crippen molar-refractivity contribution >= 4 is 6.08 Å². The SMILES string of the molecule is [CH2]CCCCCOCC=Cc1cc(F)cc(F)c1. The van der Waals surface area contributed by atoms with Gasteiger partial charge < -0.3 is 4.74 Å². The van der Waals surface area contributed by atoms with Crippen molar-refractivity contribution in [2.24, 2.45) is 0 Å². The Bertz CT molecular complexity index is 355. The minimum absolute atomic E-state index is 0.461. The molecule has 0 atom stereocenters. The number of hydrogen-bond acceptors (Lipinski definition) is 1. The summed E-state index contributed by atoms with van der Waals surface area (Å²) in [6.07, 6.45) is 7.66. The predicted octanol–water partition coefficient (Wildman–Crippen LogP) is 4.39. The number of ether oxygens (including phenoxy) is 1. The average molecular weight is 253 g/mol. The van der Waals surface area contributed by atoms with Crippen LogP contribution in [0.1, 0.15) is 31.2 Å². The second kappa shape index (κ2) is 8.81. The molecular weight excluding hydrogens is 234 g/mol. The smallest absolute Gasteiger partial charge is 0.126 e. The molecule has 1 aromatic carbocycles. The summed E-state index contributed by atoms with van der Waals surface area (Å²) in [4.78, 5) is 0. The Kier molecular flexibility index (Phi) is 7.26. The van der Waals surface area contributed by atoms with E-state index in [0.717, 1.165) is 31.7 Å². The topological polar surface area (TPSA) is 9.23 Å². The normalized spacial score (nSPS) is 11.3. The van der Waals surface area contributed by atoms with Gasteiger partial charge in [-0.3, -0.25) is 0 Å². The molecule has 0 fully saturated rings. The monoisotopic (exact) mass is 253 g/mol. The second-order valence-electron chi connectivity index (χ2n) is 4.09. The van der Waals surface area contributed by atoms with E-state index >= 15 is 0 Å². The van der Waals surface area contributed by atoms with Gasteiger partial charge >= 0.3 is 0 Å². The molecule has 0 aliphatic heterocycles. The van der Waals surface area contributed by atoms with Crippen LogP contribution in [0, 0.1) is 18.6 Å². The van der Waals surface area contributed by atoms with Gasteiger partial charge in [-0.15, -0.1) is 0 Å². The van der Waals surface area contributed by atoms with Crippen LogP contribution < -0.4 is 0 Å². The van der Waals surface area contributed by atoms with Gasteiger partial charge in [-0.1, -0.05) is 38.3 Å². The van der Waals surface area contributed by atoms with Gasteiger partial charge in [-0.2, -0.15) is 0 Å². The molecule has 3 heteroatoms. The Morgan fingerprint density at radius 2 is 1.78 bits per heavy atom. The van der Waals surface area contributed by atoms with Crippen molar-refractivity contribution in [1.82, 2.24) is 0 Å². The molecule has 0 spiro atoms. The number of benzene rings is 1. The lowest BCUT2D eigenvalue weighted by Crippen LogP contribution is -1.94. The van der Waals surface area contributed by atoms with Gasteiger partial charge in [-0.05, 0) is 24.1 Å². The minimum Gasteiger partial charge on any atom is -0.377 e. The van der Waals surface area contributed by atoms with Crippen molar-refractivity contribution in [3.05, 3.63) is 48.4 Å². The highest BCUT2D eigenvalue weighted by Crippen LogP contribution is 2.09. The molecule has 1 aromatic rings. The predicted molar refractivity (Wildman–Crippen MR) is 70.0 cm³/mol. The third kappa shape index (κ3) is 6.50. The molecule has 0 N–H and O–H groups in total. The number of halogens is 2. The Morgan fingerprint density at radius 1 is 1.06 bits per heavy atom. The molecule has 0 aromatic heterocycles. The summed E-state index contributed by atoms with van der Waals surface area (Å²) in [6, 6.07) is 3.43. The number of rotatable bonds is 8. The van der Waals surface area contributed by atoms with E-state index in [1.807, 2.05) is 0 Å². The second-order valence-corrected chi connectivity index (χ2v) is 4.09.